The van der Waals surface area contributed by atoms with Crippen LogP contribution in [0.3, 0.4) is 0 Å². The molecule has 0 amide bonds. The molecule has 54 heavy (non-hydrogen) atoms. The molecule has 0 spiro atoms. The van der Waals surface area contributed by atoms with Crippen molar-refractivity contribution in [3.63, 3.8) is 0 Å². The Labute approximate surface area is 342 Å². The predicted octanol–water partition coefficient (Wildman–Crippen LogP) is 17.4. The van der Waals surface area contributed by atoms with Crippen LogP contribution in [0.15, 0.2) is 106 Å². The minimum Gasteiger partial charge on any atom is -0.0683 e. The van der Waals surface area contributed by atoms with Gasteiger partial charge in [-0.2, -0.15) is 0 Å². The Bertz CT molecular complexity index is 2310. The van der Waals surface area contributed by atoms with Gasteiger partial charge in [-0.25, -0.2) is 0 Å². The summed E-state index contributed by atoms with van der Waals surface area (Å²) in [6.45, 7) is 32.0. The molecule has 0 nitrogen and oxygen atoms in total. The summed E-state index contributed by atoms with van der Waals surface area (Å²) in [6.07, 6.45) is 0. The van der Waals surface area contributed by atoms with Crippen molar-refractivity contribution in [3.8, 4) is 22.3 Å². The van der Waals surface area contributed by atoms with Crippen molar-refractivity contribution in [3.05, 3.63) is 128 Å². The Hall–Kier alpha value is -3.46. The van der Waals surface area contributed by atoms with Crippen molar-refractivity contribution in [2.24, 2.45) is 0 Å². The molecule has 0 bridgehead atoms. The maximum Gasteiger partial charge on any atom is 0.0324 e. The van der Waals surface area contributed by atoms with Gasteiger partial charge in [0.05, 0.1) is 0 Å². The SMILES string of the molecule is CC.CC(C)(C)c1cc(-c2c3cc(Br)c(Br)cc3c(-c3cc(C(C)(C)C)cc(C(C)(C)C)c3)c3c4ccccc4c4ccccc4c23)cc(C(C)(C)C)c1. The zero-order valence-corrected chi connectivity index (χ0v) is 38.2. The summed E-state index contributed by atoms with van der Waals surface area (Å²) in [5, 5.41) is 10.3. The first-order chi connectivity index (χ1) is 25.1. The second-order valence-electron chi connectivity index (χ2n) is 19.0. The van der Waals surface area contributed by atoms with Crippen LogP contribution in [-0.4, -0.2) is 0 Å². The molecule has 0 heterocycles. The molecule has 0 aromatic heterocycles. The quantitative estimate of drug-likeness (QED) is 0.120. The zero-order valence-electron chi connectivity index (χ0n) is 35.0. The fourth-order valence-electron chi connectivity index (χ4n) is 7.77. The number of hydrogen-bond donors (Lipinski definition) is 0. The highest BCUT2D eigenvalue weighted by atomic mass is 79.9. The van der Waals surface area contributed by atoms with Crippen molar-refractivity contribution < 1.29 is 0 Å². The summed E-state index contributed by atoms with van der Waals surface area (Å²) in [7, 11) is 0. The first kappa shape index (κ1) is 40.2. The molecular weight excluding hydrogens is 784 g/mol. The Morgan fingerprint density at radius 1 is 0.333 bits per heavy atom. The summed E-state index contributed by atoms with van der Waals surface area (Å²) in [5.74, 6) is 0. The highest BCUT2D eigenvalue weighted by molar-refractivity contribution is 9.13. The van der Waals surface area contributed by atoms with Crippen molar-refractivity contribution in [2.75, 3.05) is 0 Å². The number of fused-ring (bicyclic) bond motifs is 7. The molecule has 7 rings (SSSR count). The van der Waals surface area contributed by atoms with Gasteiger partial charge in [-0.15, -0.1) is 0 Å². The third-order valence-electron chi connectivity index (χ3n) is 10.9. The van der Waals surface area contributed by atoms with Crippen LogP contribution in [0.5, 0.6) is 0 Å². The Morgan fingerprint density at radius 3 is 0.852 bits per heavy atom. The smallest absolute Gasteiger partial charge is 0.0324 e. The molecular formula is C52H58Br2. The van der Waals surface area contributed by atoms with Crippen LogP contribution < -0.4 is 0 Å². The van der Waals surface area contributed by atoms with Crippen molar-refractivity contribution in [1.29, 1.82) is 0 Å². The Kier molecular flexibility index (Phi) is 10.6. The molecule has 0 saturated heterocycles. The summed E-state index contributed by atoms with van der Waals surface area (Å²) in [4.78, 5) is 0. The average molecular weight is 843 g/mol. The van der Waals surface area contributed by atoms with Gasteiger partial charge in [-0.3, -0.25) is 0 Å². The lowest BCUT2D eigenvalue weighted by Gasteiger charge is -2.29. The number of benzene rings is 7. The summed E-state index contributed by atoms with van der Waals surface area (Å²) >= 11 is 7.96. The molecule has 0 fully saturated rings. The van der Waals surface area contributed by atoms with Crippen LogP contribution in [0.4, 0.5) is 0 Å². The van der Waals surface area contributed by atoms with E-state index in [4.69, 9.17) is 0 Å². The third-order valence-corrected chi connectivity index (χ3v) is 12.8. The van der Waals surface area contributed by atoms with Crippen LogP contribution in [0.1, 0.15) is 119 Å². The van der Waals surface area contributed by atoms with E-state index in [1.807, 2.05) is 13.8 Å². The van der Waals surface area contributed by atoms with E-state index in [0.29, 0.717) is 0 Å². The molecule has 7 aromatic rings. The van der Waals surface area contributed by atoms with Gasteiger partial charge < -0.3 is 0 Å². The highest BCUT2D eigenvalue weighted by Gasteiger charge is 2.28. The number of halogens is 2. The topological polar surface area (TPSA) is 0 Å². The van der Waals surface area contributed by atoms with Crippen LogP contribution in [0.25, 0.3) is 65.3 Å². The highest BCUT2D eigenvalue weighted by Crippen LogP contribution is 2.52. The van der Waals surface area contributed by atoms with Crippen LogP contribution in [-0.2, 0) is 21.7 Å². The molecule has 0 aliphatic rings. The molecule has 2 heteroatoms. The standard InChI is InChI=1S/C50H52Br2.C2H6/c1-47(2,3)31-21-29(22-32(25-31)48(4,5)6)43-39-27-41(51)42(52)28-40(39)44(30-23-33(49(7,8)9)26-34(24-30)50(10,11)12)46-38-20-16-14-18-36(38)35-17-13-15-19-37(35)45(43)46;1-2/h13-28H,1-12H3;1-2H3. The maximum atomic E-state index is 3.98. The van der Waals surface area contributed by atoms with Gasteiger partial charge in [0.2, 0.25) is 0 Å². The molecule has 0 aliphatic heterocycles. The Morgan fingerprint density at radius 2 is 0.593 bits per heavy atom. The molecule has 0 aliphatic carbocycles. The largest absolute Gasteiger partial charge is 0.0683 e. The summed E-state index contributed by atoms with van der Waals surface area (Å²) in [5.41, 5.74) is 10.5. The van der Waals surface area contributed by atoms with Crippen LogP contribution in [0.2, 0.25) is 0 Å². The van der Waals surface area contributed by atoms with Gasteiger partial charge in [0.25, 0.3) is 0 Å². The van der Waals surface area contributed by atoms with Crippen molar-refractivity contribution >= 4 is 74.9 Å². The van der Waals surface area contributed by atoms with Gasteiger partial charge in [-0.05, 0) is 153 Å². The van der Waals surface area contributed by atoms with E-state index in [9.17, 15) is 0 Å². The van der Waals surface area contributed by atoms with E-state index < -0.39 is 0 Å². The molecule has 0 radical (unpaired) electrons. The van der Waals surface area contributed by atoms with Gasteiger partial charge in [-0.1, -0.05) is 182 Å². The maximum absolute atomic E-state index is 3.98. The second-order valence-corrected chi connectivity index (χ2v) is 20.7. The minimum absolute atomic E-state index is 0.0172. The first-order valence-electron chi connectivity index (χ1n) is 19.7. The predicted molar refractivity (Wildman–Crippen MR) is 249 cm³/mol. The fraction of sp³-hybridized carbons (Fsp3) is 0.346. The van der Waals surface area contributed by atoms with E-state index in [1.165, 1.54) is 87.6 Å². The Balaban J connectivity index is 0.00000245. The van der Waals surface area contributed by atoms with Gasteiger partial charge in [0.15, 0.2) is 0 Å². The molecule has 7 aromatic carbocycles. The molecule has 0 atom stereocenters. The van der Waals surface area contributed by atoms with Crippen molar-refractivity contribution in [2.45, 2.75) is 119 Å². The van der Waals surface area contributed by atoms with Gasteiger partial charge >= 0.3 is 0 Å². The molecule has 280 valence electrons. The van der Waals surface area contributed by atoms with E-state index in [-0.39, 0.29) is 21.7 Å². The van der Waals surface area contributed by atoms with E-state index in [0.717, 1.165) is 8.95 Å². The zero-order chi connectivity index (χ0) is 39.7. The van der Waals surface area contributed by atoms with Gasteiger partial charge in [0, 0.05) is 8.95 Å². The van der Waals surface area contributed by atoms with E-state index >= 15 is 0 Å². The third kappa shape index (κ3) is 7.31. The van der Waals surface area contributed by atoms with E-state index in [1.54, 1.807) is 0 Å². The minimum atomic E-state index is -0.0172. The monoisotopic (exact) mass is 840 g/mol. The molecule has 0 unspecified atom stereocenters. The lowest BCUT2D eigenvalue weighted by molar-refractivity contribution is 0.568. The van der Waals surface area contributed by atoms with Crippen molar-refractivity contribution in [1.82, 2.24) is 0 Å². The first-order valence-corrected chi connectivity index (χ1v) is 21.2. The lowest BCUT2D eigenvalue weighted by Crippen LogP contribution is -2.16. The average Bonchev–Trinajstić information content (AvgIpc) is 3.10. The second kappa shape index (κ2) is 14.2. The molecule has 0 N–H and O–H groups in total. The fourth-order valence-corrected chi connectivity index (χ4v) is 8.45. The number of rotatable bonds is 2. The van der Waals surface area contributed by atoms with E-state index in [2.05, 4.69) is 212 Å². The lowest BCUT2D eigenvalue weighted by atomic mass is 9.75. The normalized spacial score (nSPS) is 12.8. The summed E-state index contributed by atoms with van der Waals surface area (Å²) < 4.78 is 2.11. The van der Waals surface area contributed by atoms with Gasteiger partial charge in [0.1, 0.15) is 0 Å². The summed E-state index contributed by atoms with van der Waals surface area (Å²) in [6, 6.07) is 37.6. The molecule has 0 saturated carbocycles. The van der Waals surface area contributed by atoms with Crippen LogP contribution >= 0.6 is 31.9 Å². The number of hydrogen-bond acceptors (Lipinski definition) is 0. The van der Waals surface area contributed by atoms with Crippen LogP contribution in [0, 0.1) is 0 Å².